The van der Waals surface area contributed by atoms with Crippen LogP contribution in [0.4, 0.5) is 5.82 Å². The van der Waals surface area contributed by atoms with E-state index < -0.39 is 11.0 Å². The maximum absolute atomic E-state index is 10.9. The van der Waals surface area contributed by atoms with E-state index in [1.165, 1.54) is 12.3 Å². The number of ether oxygens (including phenoxy) is 1. The number of rotatable bonds is 5. The van der Waals surface area contributed by atoms with Crippen molar-refractivity contribution in [2.75, 3.05) is 0 Å². The average molecular weight is 276 g/mol. The molecule has 0 amide bonds. The smallest absolute Gasteiger partial charge is 0.406 e. The van der Waals surface area contributed by atoms with Gasteiger partial charge in [0.15, 0.2) is 11.9 Å². The zero-order chi connectivity index (χ0) is 14.1. The van der Waals surface area contributed by atoms with Crippen molar-refractivity contribution >= 4 is 5.82 Å². The third kappa shape index (κ3) is 2.44. The molecule has 0 radical (unpaired) electrons. The summed E-state index contributed by atoms with van der Waals surface area (Å²) in [6.07, 6.45) is 2.91. The van der Waals surface area contributed by atoms with E-state index in [-0.39, 0.29) is 11.6 Å². The first-order valence-corrected chi connectivity index (χ1v) is 6.24. The monoisotopic (exact) mass is 276 g/mol. The van der Waals surface area contributed by atoms with E-state index in [2.05, 4.69) is 15.1 Å². The maximum Gasteiger partial charge on any atom is 0.406 e. The van der Waals surface area contributed by atoms with Gasteiger partial charge in [0.05, 0.1) is 0 Å². The Labute approximate surface area is 113 Å². The molecule has 0 unspecified atom stereocenters. The molecule has 2 aromatic heterocycles. The molecule has 104 valence electrons. The highest BCUT2D eigenvalue weighted by molar-refractivity contribution is 5.38. The van der Waals surface area contributed by atoms with Crippen LogP contribution in [-0.4, -0.2) is 20.0 Å². The molecule has 0 aromatic carbocycles. The molecule has 1 saturated carbocycles. The third-order valence-corrected chi connectivity index (χ3v) is 2.98. The summed E-state index contributed by atoms with van der Waals surface area (Å²) in [4.78, 5) is 18.2. The van der Waals surface area contributed by atoms with Crippen LogP contribution in [0.1, 0.15) is 43.5 Å². The zero-order valence-corrected chi connectivity index (χ0v) is 10.7. The predicted molar refractivity (Wildman–Crippen MR) is 66.2 cm³/mol. The molecule has 2 aromatic rings. The minimum Gasteiger partial charge on any atom is -0.473 e. The Hall–Kier alpha value is -2.51. The van der Waals surface area contributed by atoms with Crippen LogP contribution >= 0.6 is 0 Å². The lowest BCUT2D eigenvalue weighted by Crippen LogP contribution is -2.06. The molecule has 8 heteroatoms. The van der Waals surface area contributed by atoms with Gasteiger partial charge in [-0.1, -0.05) is 5.16 Å². The Bertz CT molecular complexity index is 638. The van der Waals surface area contributed by atoms with Gasteiger partial charge in [0.25, 0.3) is 5.89 Å². The van der Waals surface area contributed by atoms with Crippen LogP contribution in [0.15, 0.2) is 22.9 Å². The molecule has 1 aliphatic rings. The summed E-state index contributed by atoms with van der Waals surface area (Å²) < 4.78 is 10.6. The van der Waals surface area contributed by atoms with E-state index in [0.29, 0.717) is 17.6 Å². The Morgan fingerprint density at radius 2 is 2.35 bits per heavy atom. The SMILES string of the molecule is C[C@H](Oc1cccnc1[N+](=O)[O-])c1nc(C2CC2)no1. The molecule has 1 fully saturated rings. The fourth-order valence-corrected chi connectivity index (χ4v) is 1.77. The van der Waals surface area contributed by atoms with Crippen LogP contribution in [0.5, 0.6) is 5.75 Å². The van der Waals surface area contributed by atoms with Crippen LogP contribution < -0.4 is 4.74 Å². The molecule has 0 saturated heterocycles. The fraction of sp³-hybridized carbons (Fsp3) is 0.417. The Morgan fingerprint density at radius 1 is 1.55 bits per heavy atom. The summed E-state index contributed by atoms with van der Waals surface area (Å²) in [7, 11) is 0. The first kappa shape index (κ1) is 12.5. The van der Waals surface area contributed by atoms with Crippen molar-refractivity contribution in [1.82, 2.24) is 15.1 Å². The van der Waals surface area contributed by atoms with E-state index >= 15 is 0 Å². The summed E-state index contributed by atoms with van der Waals surface area (Å²) in [5.41, 5.74) is 0. The first-order valence-electron chi connectivity index (χ1n) is 6.24. The number of nitrogens with zero attached hydrogens (tertiary/aromatic N) is 4. The molecule has 1 atom stereocenters. The van der Waals surface area contributed by atoms with E-state index in [1.807, 2.05) is 0 Å². The van der Waals surface area contributed by atoms with Crippen molar-refractivity contribution < 1.29 is 14.2 Å². The molecule has 0 N–H and O–H groups in total. The molecular formula is C12H12N4O4. The molecule has 20 heavy (non-hydrogen) atoms. The lowest BCUT2D eigenvalue weighted by molar-refractivity contribution is -0.390. The van der Waals surface area contributed by atoms with Crippen molar-refractivity contribution in [3.63, 3.8) is 0 Å². The molecule has 0 spiro atoms. The molecule has 0 aliphatic heterocycles. The second-order valence-electron chi connectivity index (χ2n) is 4.61. The lowest BCUT2D eigenvalue weighted by Gasteiger charge is -2.09. The van der Waals surface area contributed by atoms with Gasteiger partial charge in [-0.3, -0.25) is 0 Å². The lowest BCUT2D eigenvalue weighted by atomic mass is 10.3. The number of hydrogen-bond acceptors (Lipinski definition) is 7. The predicted octanol–water partition coefficient (Wildman–Crippen LogP) is 2.39. The van der Waals surface area contributed by atoms with Gasteiger partial charge in [0, 0.05) is 5.92 Å². The van der Waals surface area contributed by atoms with Crippen LogP contribution in [0.2, 0.25) is 0 Å². The zero-order valence-electron chi connectivity index (χ0n) is 10.7. The van der Waals surface area contributed by atoms with Crippen LogP contribution in [0, 0.1) is 10.1 Å². The van der Waals surface area contributed by atoms with Gasteiger partial charge in [-0.2, -0.15) is 4.98 Å². The number of hydrogen-bond donors (Lipinski definition) is 0. The quantitative estimate of drug-likeness (QED) is 0.609. The molecule has 1 aliphatic carbocycles. The van der Waals surface area contributed by atoms with Gasteiger partial charge in [-0.15, -0.1) is 0 Å². The highest BCUT2D eigenvalue weighted by Crippen LogP contribution is 2.38. The van der Waals surface area contributed by atoms with E-state index in [9.17, 15) is 10.1 Å². The van der Waals surface area contributed by atoms with Gasteiger partial charge in [0.2, 0.25) is 5.75 Å². The summed E-state index contributed by atoms with van der Waals surface area (Å²) in [6.45, 7) is 1.70. The van der Waals surface area contributed by atoms with Gasteiger partial charge >= 0.3 is 5.82 Å². The third-order valence-electron chi connectivity index (χ3n) is 2.98. The minimum absolute atomic E-state index is 0.0798. The minimum atomic E-state index is -0.592. The van der Waals surface area contributed by atoms with Crippen molar-refractivity contribution in [3.05, 3.63) is 40.2 Å². The van der Waals surface area contributed by atoms with Crippen molar-refractivity contribution in [3.8, 4) is 5.75 Å². The molecule has 3 rings (SSSR count). The average Bonchev–Trinajstić information content (AvgIpc) is 3.16. The maximum atomic E-state index is 10.9. The van der Waals surface area contributed by atoms with E-state index in [4.69, 9.17) is 9.26 Å². The second kappa shape index (κ2) is 4.87. The first-order chi connectivity index (χ1) is 9.65. The molecule has 8 nitrogen and oxygen atoms in total. The number of pyridine rings is 1. The Kier molecular flexibility index (Phi) is 3.05. The largest absolute Gasteiger partial charge is 0.473 e. The molecular weight excluding hydrogens is 264 g/mol. The van der Waals surface area contributed by atoms with Gasteiger partial charge in [0.1, 0.15) is 6.20 Å². The summed E-state index contributed by atoms with van der Waals surface area (Å²) in [5, 5.41) is 14.7. The van der Waals surface area contributed by atoms with Crippen LogP contribution in [0.3, 0.4) is 0 Å². The van der Waals surface area contributed by atoms with Crippen molar-refractivity contribution in [2.45, 2.75) is 31.8 Å². The second-order valence-corrected chi connectivity index (χ2v) is 4.61. The highest BCUT2D eigenvalue weighted by atomic mass is 16.6. The van der Waals surface area contributed by atoms with Crippen molar-refractivity contribution in [1.29, 1.82) is 0 Å². The van der Waals surface area contributed by atoms with Gasteiger partial charge < -0.3 is 19.4 Å². The standard InChI is InChI=1S/C12H12N4O4/c1-7(12-14-10(15-20-12)8-4-5-8)19-9-3-2-6-13-11(9)16(17)18/h2-3,6-8H,4-5H2,1H3/t7-/m0/s1. The van der Waals surface area contributed by atoms with Crippen LogP contribution in [0.25, 0.3) is 0 Å². The normalized spacial score (nSPS) is 15.8. The number of nitro groups is 1. The Balaban J connectivity index is 1.77. The van der Waals surface area contributed by atoms with Crippen molar-refractivity contribution in [2.24, 2.45) is 0 Å². The van der Waals surface area contributed by atoms with E-state index in [1.54, 1.807) is 13.0 Å². The van der Waals surface area contributed by atoms with Gasteiger partial charge in [-0.05, 0) is 41.8 Å². The van der Waals surface area contributed by atoms with Crippen LogP contribution in [-0.2, 0) is 0 Å². The van der Waals surface area contributed by atoms with E-state index in [0.717, 1.165) is 12.8 Å². The summed E-state index contributed by atoms with van der Waals surface area (Å²) >= 11 is 0. The summed E-state index contributed by atoms with van der Waals surface area (Å²) in [5.74, 6) is 1.12. The molecule has 0 bridgehead atoms. The van der Waals surface area contributed by atoms with Gasteiger partial charge in [-0.25, -0.2) is 0 Å². The Morgan fingerprint density at radius 3 is 3.05 bits per heavy atom. The topological polar surface area (TPSA) is 104 Å². The fourth-order valence-electron chi connectivity index (χ4n) is 1.77. The summed E-state index contributed by atoms with van der Waals surface area (Å²) in [6, 6.07) is 3.05. The highest BCUT2D eigenvalue weighted by Gasteiger charge is 2.30. The number of aromatic nitrogens is 3. The molecule has 2 heterocycles.